The topological polar surface area (TPSA) is 92.3 Å². The van der Waals surface area contributed by atoms with Crippen LogP contribution in [0.15, 0.2) is 23.2 Å². The summed E-state index contributed by atoms with van der Waals surface area (Å²) in [5.74, 6) is -0.175. The third-order valence-electron chi connectivity index (χ3n) is 2.92. The zero-order valence-electron chi connectivity index (χ0n) is 12.0. The van der Waals surface area contributed by atoms with E-state index >= 15 is 0 Å². The number of nitrogens with one attached hydrogen (secondary N) is 3. The van der Waals surface area contributed by atoms with Gasteiger partial charge >= 0.3 is 0 Å². The minimum Gasteiger partial charge on any atom is -0.507 e. The van der Waals surface area contributed by atoms with Gasteiger partial charge in [-0.2, -0.15) is 0 Å². The molecule has 5 nitrogen and oxygen atoms in total. The number of phenolic OH excluding ortho intramolecular Hbond substituents is 1. The highest BCUT2D eigenvalue weighted by Gasteiger charge is 2.10. The number of aromatic hydroxyl groups is 1. The molecule has 0 saturated carbocycles. The van der Waals surface area contributed by atoms with E-state index in [1.165, 1.54) is 6.21 Å². The fourth-order valence-electron chi connectivity index (χ4n) is 1.81. The highest BCUT2D eigenvalue weighted by atomic mass is 16.3. The molecule has 0 aromatic heterocycles. The van der Waals surface area contributed by atoms with Crippen molar-refractivity contribution < 1.29 is 5.11 Å². The van der Waals surface area contributed by atoms with Gasteiger partial charge in [0, 0.05) is 30.2 Å². The molecule has 1 rings (SSSR count). The molecule has 108 valence electrons. The Labute approximate surface area is 119 Å². The monoisotopic (exact) mass is 274 g/mol. The molecule has 0 saturated heterocycles. The van der Waals surface area contributed by atoms with Crippen LogP contribution in [0.1, 0.15) is 30.9 Å². The second-order valence-electron chi connectivity index (χ2n) is 4.50. The van der Waals surface area contributed by atoms with E-state index in [0.717, 1.165) is 18.7 Å². The highest BCUT2D eigenvalue weighted by molar-refractivity contribution is 5.99. The van der Waals surface area contributed by atoms with E-state index in [2.05, 4.69) is 10.3 Å². The lowest BCUT2D eigenvalue weighted by Crippen LogP contribution is -2.16. The standard InChI is InChI=1S/C15H22N4O/c1-3-18-6-7-19-10-13(9-16)12-4-5-14(11(2)17)15(20)8-12/h4-5,8-10,13,16-18,20H,3,6-7H2,1-2H3. The summed E-state index contributed by atoms with van der Waals surface area (Å²) in [6.07, 6.45) is 3.01. The minimum absolute atomic E-state index is 0.0721. The molecular formula is C15H22N4O. The third-order valence-corrected chi connectivity index (χ3v) is 2.92. The third kappa shape index (κ3) is 4.59. The quantitative estimate of drug-likeness (QED) is 0.432. The van der Waals surface area contributed by atoms with Gasteiger partial charge in [0.15, 0.2) is 0 Å². The van der Waals surface area contributed by atoms with Crippen LogP contribution in [0.4, 0.5) is 0 Å². The molecule has 5 heteroatoms. The lowest BCUT2D eigenvalue weighted by molar-refractivity contribution is 0.473. The van der Waals surface area contributed by atoms with Gasteiger partial charge in [0.05, 0.1) is 12.5 Å². The maximum atomic E-state index is 9.88. The predicted molar refractivity (Wildman–Crippen MR) is 84.0 cm³/mol. The summed E-state index contributed by atoms with van der Waals surface area (Å²) < 4.78 is 0. The number of rotatable bonds is 8. The maximum Gasteiger partial charge on any atom is 0.124 e. The average Bonchev–Trinajstić information content (AvgIpc) is 2.42. The van der Waals surface area contributed by atoms with Crippen LogP contribution in [0, 0.1) is 10.8 Å². The van der Waals surface area contributed by atoms with E-state index in [-0.39, 0.29) is 11.7 Å². The normalized spacial score (nSPS) is 12.5. The molecule has 0 heterocycles. The average molecular weight is 274 g/mol. The molecular weight excluding hydrogens is 252 g/mol. The van der Waals surface area contributed by atoms with Gasteiger partial charge < -0.3 is 21.2 Å². The van der Waals surface area contributed by atoms with E-state index in [1.807, 2.05) is 13.0 Å². The fraction of sp³-hybridized carbons (Fsp3) is 0.400. The Morgan fingerprint density at radius 1 is 1.50 bits per heavy atom. The number of aliphatic imine (C=N–C) groups is 1. The smallest absolute Gasteiger partial charge is 0.124 e. The van der Waals surface area contributed by atoms with E-state index in [1.54, 1.807) is 25.3 Å². The van der Waals surface area contributed by atoms with Crippen LogP contribution < -0.4 is 5.32 Å². The molecule has 0 aliphatic heterocycles. The van der Waals surface area contributed by atoms with Crippen molar-refractivity contribution in [3.05, 3.63) is 29.3 Å². The van der Waals surface area contributed by atoms with Gasteiger partial charge in [-0.05, 0) is 31.2 Å². The van der Waals surface area contributed by atoms with Crippen molar-refractivity contribution >= 4 is 18.1 Å². The fourth-order valence-corrected chi connectivity index (χ4v) is 1.81. The summed E-state index contributed by atoms with van der Waals surface area (Å²) in [6, 6.07) is 5.12. The van der Waals surface area contributed by atoms with Gasteiger partial charge in [-0.25, -0.2) is 0 Å². The van der Waals surface area contributed by atoms with Crippen molar-refractivity contribution in [2.45, 2.75) is 19.8 Å². The molecule has 0 spiro atoms. The Balaban J connectivity index is 2.77. The number of phenols is 1. The van der Waals surface area contributed by atoms with E-state index in [4.69, 9.17) is 10.8 Å². The van der Waals surface area contributed by atoms with Crippen molar-refractivity contribution in [3.63, 3.8) is 0 Å². The first-order valence-corrected chi connectivity index (χ1v) is 6.69. The molecule has 4 N–H and O–H groups in total. The number of nitrogens with zero attached hydrogens (tertiary/aromatic N) is 1. The number of hydrogen-bond donors (Lipinski definition) is 4. The Morgan fingerprint density at radius 3 is 2.80 bits per heavy atom. The van der Waals surface area contributed by atoms with Gasteiger partial charge in [0.25, 0.3) is 0 Å². The lowest BCUT2D eigenvalue weighted by atomic mass is 9.98. The van der Waals surface area contributed by atoms with Crippen LogP contribution in [-0.4, -0.2) is 42.9 Å². The van der Waals surface area contributed by atoms with Gasteiger partial charge in [0.1, 0.15) is 5.75 Å². The largest absolute Gasteiger partial charge is 0.507 e. The molecule has 1 aromatic carbocycles. The van der Waals surface area contributed by atoms with Crippen LogP contribution in [0.3, 0.4) is 0 Å². The molecule has 0 fully saturated rings. The van der Waals surface area contributed by atoms with Crippen LogP contribution >= 0.6 is 0 Å². The predicted octanol–water partition coefficient (Wildman–Crippen LogP) is 2.19. The molecule has 0 bridgehead atoms. The molecule has 0 aliphatic rings. The van der Waals surface area contributed by atoms with E-state index in [0.29, 0.717) is 17.8 Å². The summed E-state index contributed by atoms with van der Waals surface area (Å²) in [6.45, 7) is 6.07. The van der Waals surface area contributed by atoms with Crippen LogP contribution in [0.25, 0.3) is 0 Å². The Morgan fingerprint density at radius 2 is 2.25 bits per heavy atom. The van der Waals surface area contributed by atoms with Crippen molar-refractivity contribution in [1.82, 2.24) is 5.32 Å². The Kier molecular flexibility index (Phi) is 6.59. The Bertz CT molecular complexity index is 497. The first-order valence-electron chi connectivity index (χ1n) is 6.69. The van der Waals surface area contributed by atoms with Crippen molar-refractivity contribution in [1.29, 1.82) is 10.8 Å². The second-order valence-corrected chi connectivity index (χ2v) is 4.50. The highest BCUT2D eigenvalue weighted by Crippen LogP contribution is 2.23. The molecule has 0 amide bonds. The van der Waals surface area contributed by atoms with Crippen molar-refractivity contribution in [2.75, 3.05) is 19.6 Å². The zero-order chi connectivity index (χ0) is 15.0. The van der Waals surface area contributed by atoms with Gasteiger partial charge in [-0.1, -0.05) is 13.0 Å². The van der Waals surface area contributed by atoms with Gasteiger partial charge in [-0.15, -0.1) is 0 Å². The maximum absolute atomic E-state index is 9.88. The van der Waals surface area contributed by atoms with Gasteiger partial charge in [-0.3, -0.25) is 4.99 Å². The molecule has 1 aromatic rings. The lowest BCUT2D eigenvalue weighted by Gasteiger charge is -2.09. The number of hydrogen-bond acceptors (Lipinski definition) is 5. The van der Waals surface area contributed by atoms with Crippen molar-refractivity contribution in [2.24, 2.45) is 4.99 Å². The van der Waals surface area contributed by atoms with Crippen LogP contribution in [0.5, 0.6) is 5.75 Å². The Hall–Kier alpha value is -2.01. The molecule has 0 radical (unpaired) electrons. The molecule has 20 heavy (non-hydrogen) atoms. The molecule has 0 aliphatic carbocycles. The summed E-state index contributed by atoms with van der Waals surface area (Å²) >= 11 is 0. The van der Waals surface area contributed by atoms with E-state index < -0.39 is 0 Å². The number of likely N-dealkylation sites (N-methyl/N-ethyl adjacent to an activating group) is 1. The van der Waals surface area contributed by atoms with Crippen LogP contribution in [0.2, 0.25) is 0 Å². The summed E-state index contributed by atoms with van der Waals surface area (Å²) in [5, 5.41) is 28.1. The number of benzene rings is 1. The van der Waals surface area contributed by atoms with Crippen molar-refractivity contribution in [3.8, 4) is 5.75 Å². The first kappa shape index (κ1) is 16.0. The zero-order valence-corrected chi connectivity index (χ0v) is 12.0. The molecule has 1 atom stereocenters. The minimum atomic E-state index is -0.248. The molecule has 1 unspecified atom stereocenters. The summed E-state index contributed by atoms with van der Waals surface area (Å²) in [4.78, 5) is 4.28. The summed E-state index contributed by atoms with van der Waals surface area (Å²) in [7, 11) is 0. The first-order chi connectivity index (χ1) is 9.60. The summed E-state index contributed by atoms with van der Waals surface area (Å²) in [5.41, 5.74) is 1.64. The van der Waals surface area contributed by atoms with E-state index in [9.17, 15) is 5.11 Å². The SMILES string of the molecule is CCNCCN=CC(C=N)c1ccc(C(C)=N)c(O)c1. The second kappa shape index (κ2) is 8.22. The van der Waals surface area contributed by atoms with Gasteiger partial charge in [0.2, 0.25) is 0 Å². The van der Waals surface area contributed by atoms with Crippen LogP contribution in [-0.2, 0) is 0 Å².